The van der Waals surface area contributed by atoms with E-state index in [1.807, 2.05) is 12.1 Å². The molecule has 0 spiro atoms. The minimum Gasteiger partial charge on any atom is -0.504 e. The molecule has 4 heteroatoms. The van der Waals surface area contributed by atoms with Crippen molar-refractivity contribution in [2.24, 2.45) is 4.99 Å². The van der Waals surface area contributed by atoms with E-state index in [4.69, 9.17) is 11.6 Å². The van der Waals surface area contributed by atoms with Gasteiger partial charge in [-0.25, -0.2) is 0 Å². The molecule has 0 radical (unpaired) electrons. The lowest BCUT2D eigenvalue weighted by molar-refractivity contribution is 0.477. The summed E-state index contributed by atoms with van der Waals surface area (Å²) in [5.41, 5.74) is 2.69. The van der Waals surface area contributed by atoms with E-state index < -0.39 is 0 Å². The summed E-state index contributed by atoms with van der Waals surface area (Å²) in [6.45, 7) is 7.18. The van der Waals surface area contributed by atoms with Crippen molar-refractivity contribution in [3.63, 3.8) is 0 Å². The monoisotopic (exact) mass is 258 g/mol. The Morgan fingerprint density at radius 2 is 2.22 bits per heavy atom. The quantitative estimate of drug-likeness (QED) is 0.843. The third-order valence-corrected chi connectivity index (χ3v) is 2.89. The number of nitrogens with zero attached hydrogens (tertiary/aromatic N) is 2. The van der Waals surface area contributed by atoms with Crippen LogP contribution in [0.3, 0.4) is 0 Å². The van der Waals surface area contributed by atoms with Crippen molar-refractivity contribution in [2.75, 3.05) is 0 Å². The van der Waals surface area contributed by atoms with Crippen LogP contribution in [-0.2, 0) is 0 Å². The number of halogens is 1. The van der Waals surface area contributed by atoms with Crippen molar-refractivity contribution >= 4 is 30.1 Å². The van der Waals surface area contributed by atoms with E-state index in [0.717, 1.165) is 11.1 Å². The molecule has 0 aliphatic carbocycles. The van der Waals surface area contributed by atoms with E-state index in [2.05, 4.69) is 23.3 Å². The Bertz CT molecular complexity index is 609. The van der Waals surface area contributed by atoms with Crippen LogP contribution in [0, 0.1) is 0 Å². The number of phenols is 1. The largest absolute Gasteiger partial charge is 0.504 e. The van der Waals surface area contributed by atoms with E-state index in [0.29, 0.717) is 11.3 Å². The zero-order chi connectivity index (χ0) is 13.1. The Morgan fingerprint density at radius 1 is 1.44 bits per heavy atom. The highest BCUT2D eigenvalue weighted by Crippen LogP contribution is 2.43. The van der Waals surface area contributed by atoms with Crippen LogP contribution in [0.2, 0.25) is 5.02 Å². The second-order valence-electron chi connectivity index (χ2n) is 3.62. The molecule has 0 amide bonds. The molecule has 0 atom stereocenters. The summed E-state index contributed by atoms with van der Waals surface area (Å²) in [5, 5.41) is 10.1. The maximum atomic E-state index is 9.85. The molecule has 0 saturated heterocycles. The molecule has 90 valence electrons. The number of rotatable bonds is 3. The summed E-state index contributed by atoms with van der Waals surface area (Å²) >= 11 is 5.98. The fourth-order valence-corrected chi connectivity index (χ4v) is 1.97. The maximum absolute atomic E-state index is 9.85. The predicted molar refractivity (Wildman–Crippen MR) is 75.6 cm³/mol. The van der Waals surface area contributed by atoms with E-state index in [-0.39, 0.29) is 10.8 Å². The molecular weight excluding hydrogens is 248 g/mol. The van der Waals surface area contributed by atoms with E-state index in [1.165, 1.54) is 0 Å². The first-order valence-corrected chi connectivity index (χ1v) is 5.62. The summed E-state index contributed by atoms with van der Waals surface area (Å²) < 4.78 is 0. The van der Waals surface area contributed by atoms with Crippen molar-refractivity contribution in [2.45, 2.75) is 0 Å². The molecule has 0 saturated carbocycles. The van der Waals surface area contributed by atoms with Crippen LogP contribution in [0.1, 0.15) is 5.56 Å². The summed E-state index contributed by atoms with van der Waals surface area (Å²) in [6.07, 6.45) is 5.01. The maximum Gasteiger partial charge on any atom is 0.160 e. The molecule has 0 unspecified atom stereocenters. The van der Waals surface area contributed by atoms with Crippen LogP contribution in [0.25, 0.3) is 17.2 Å². The third-order valence-electron chi connectivity index (χ3n) is 2.60. The second-order valence-corrected chi connectivity index (χ2v) is 4.03. The summed E-state index contributed by atoms with van der Waals surface area (Å²) in [7, 11) is 0. The van der Waals surface area contributed by atoms with Gasteiger partial charge < -0.3 is 5.11 Å². The minimum atomic E-state index is -0.0887. The minimum absolute atomic E-state index is 0.0887. The first kappa shape index (κ1) is 12.3. The van der Waals surface area contributed by atoms with Crippen molar-refractivity contribution < 1.29 is 5.11 Å². The highest BCUT2D eigenvalue weighted by atomic mass is 35.5. The van der Waals surface area contributed by atoms with E-state index in [9.17, 15) is 5.11 Å². The number of aromatic hydroxyl groups is 1. The zero-order valence-electron chi connectivity index (χ0n) is 9.60. The molecule has 18 heavy (non-hydrogen) atoms. The summed E-state index contributed by atoms with van der Waals surface area (Å²) in [6, 6.07) is 5.39. The Balaban J connectivity index is 2.79. The number of phenolic OH excluding ortho intramolecular Hbond substituents is 1. The van der Waals surface area contributed by atoms with Gasteiger partial charge in [0, 0.05) is 23.5 Å². The number of hydrogen-bond donors (Lipinski definition) is 1. The molecule has 1 aromatic heterocycles. The Morgan fingerprint density at radius 3 is 2.78 bits per heavy atom. The standard InChI is InChI=1S/C14H11ClN2O/c1-3-10-11(9-5-4-6-17-8-9)7-12(15)14(18)13(10)16-2/h3-8,18H,1-2H2. The molecule has 2 aromatic rings. The van der Waals surface area contributed by atoms with Crippen LogP contribution in [0.4, 0.5) is 5.69 Å². The number of pyridine rings is 1. The highest BCUT2D eigenvalue weighted by molar-refractivity contribution is 6.33. The molecule has 0 aliphatic rings. The molecule has 3 nitrogen and oxygen atoms in total. The first-order valence-electron chi connectivity index (χ1n) is 5.24. The average Bonchev–Trinajstić information content (AvgIpc) is 2.42. The molecule has 0 fully saturated rings. The molecule has 1 aromatic carbocycles. The number of benzene rings is 1. The number of aliphatic imine (C=N–C) groups is 1. The van der Waals surface area contributed by atoms with Gasteiger partial charge in [0.2, 0.25) is 0 Å². The normalized spacial score (nSPS) is 10.1. The van der Waals surface area contributed by atoms with Crippen LogP contribution < -0.4 is 0 Å². The Hall–Kier alpha value is -2.13. The van der Waals surface area contributed by atoms with Crippen LogP contribution >= 0.6 is 11.6 Å². The van der Waals surface area contributed by atoms with E-state index >= 15 is 0 Å². The Labute approximate surface area is 110 Å². The molecule has 1 N–H and O–H groups in total. The van der Waals surface area contributed by atoms with Crippen molar-refractivity contribution in [1.29, 1.82) is 0 Å². The van der Waals surface area contributed by atoms with Gasteiger partial charge >= 0.3 is 0 Å². The lowest BCUT2D eigenvalue weighted by Crippen LogP contribution is -1.87. The topological polar surface area (TPSA) is 45.5 Å². The van der Waals surface area contributed by atoms with E-state index in [1.54, 1.807) is 24.5 Å². The highest BCUT2D eigenvalue weighted by Gasteiger charge is 2.15. The van der Waals surface area contributed by atoms with Gasteiger partial charge in [-0.2, -0.15) is 0 Å². The summed E-state index contributed by atoms with van der Waals surface area (Å²) in [4.78, 5) is 7.87. The first-order chi connectivity index (χ1) is 8.69. The number of hydrogen-bond acceptors (Lipinski definition) is 3. The smallest absolute Gasteiger partial charge is 0.160 e. The van der Waals surface area contributed by atoms with Gasteiger partial charge in [0.25, 0.3) is 0 Å². The molecule has 0 bridgehead atoms. The van der Waals surface area contributed by atoms with Crippen LogP contribution in [-0.4, -0.2) is 16.8 Å². The van der Waals surface area contributed by atoms with Crippen molar-refractivity contribution in [1.82, 2.24) is 4.98 Å². The van der Waals surface area contributed by atoms with Gasteiger partial charge in [0.15, 0.2) is 5.75 Å². The zero-order valence-corrected chi connectivity index (χ0v) is 10.4. The van der Waals surface area contributed by atoms with Crippen molar-refractivity contribution in [3.05, 3.63) is 47.8 Å². The fourth-order valence-electron chi connectivity index (χ4n) is 1.77. The van der Waals surface area contributed by atoms with Gasteiger partial charge in [0.1, 0.15) is 5.69 Å². The van der Waals surface area contributed by atoms with Gasteiger partial charge in [-0.1, -0.05) is 30.3 Å². The molecule has 1 heterocycles. The molecular formula is C14H11ClN2O. The number of aromatic nitrogens is 1. The lowest BCUT2D eigenvalue weighted by Gasteiger charge is -2.12. The van der Waals surface area contributed by atoms with Gasteiger partial charge in [-0.05, 0) is 24.4 Å². The van der Waals surface area contributed by atoms with Gasteiger partial charge in [-0.15, -0.1) is 0 Å². The summed E-state index contributed by atoms with van der Waals surface area (Å²) in [5.74, 6) is -0.0887. The van der Waals surface area contributed by atoms with Crippen LogP contribution in [0.5, 0.6) is 5.75 Å². The second kappa shape index (κ2) is 5.02. The SMILES string of the molecule is C=Cc1c(-c2cccnc2)cc(Cl)c(O)c1N=C. The van der Waals surface area contributed by atoms with Crippen molar-refractivity contribution in [3.8, 4) is 16.9 Å². The van der Waals surface area contributed by atoms with Gasteiger partial charge in [0.05, 0.1) is 5.02 Å². The fraction of sp³-hybridized carbons (Fsp3) is 0. The average molecular weight is 259 g/mol. The predicted octanol–water partition coefficient (Wildman–Crippen LogP) is 4.08. The Kier molecular flexibility index (Phi) is 3.44. The van der Waals surface area contributed by atoms with Crippen LogP contribution in [0.15, 0.2) is 42.2 Å². The molecule has 0 aliphatic heterocycles. The third kappa shape index (κ3) is 2.00. The molecule has 2 rings (SSSR count). The lowest BCUT2D eigenvalue weighted by atomic mass is 9.99. The van der Waals surface area contributed by atoms with Gasteiger partial charge in [-0.3, -0.25) is 9.98 Å².